The number of likely N-dealkylation sites (tertiary alicyclic amines) is 1. The van der Waals surface area contributed by atoms with Crippen molar-refractivity contribution >= 4 is 28.7 Å². The third-order valence-corrected chi connectivity index (χ3v) is 5.72. The Kier molecular flexibility index (Phi) is 7.29. The molecule has 190 valence electrons. The minimum absolute atomic E-state index is 0.0579. The number of carbonyl (C=O) groups is 3. The van der Waals surface area contributed by atoms with E-state index >= 15 is 0 Å². The minimum Gasteiger partial charge on any atom is -0.480 e. The van der Waals surface area contributed by atoms with Crippen LogP contribution < -0.4 is 10.1 Å². The summed E-state index contributed by atoms with van der Waals surface area (Å²) >= 11 is 0. The molecule has 1 aromatic heterocycles. The molecule has 2 amide bonds. The van der Waals surface area contributed by atoms with Crippen LogP contribution in [0.3, 0.4) is 0 Å². The van der Waals surface area contributed by atoms with Gasteiger partial charge in [0.15, 0.2) is 0 Å². The van der Waals surface area contributed by atoms with Gasteiger partial charge in [0, 0.05) is 17.5 Å². The fourth-order valence-corrected chi connectivity index (χ4v) is 4.14. The molecule has 1 fully saturated rings. The standard InChI is InChI=1S/C26H35N3O6/c1-15-12-16-10-8-9-11-18(16)21(27-15)34-17-13-19(23(31)32)29(14-17)22(30)20(25(2,3)4)28-24(33)35-26(5,6)7/h8-12,17,19-20H,13-14H2,1-7H3,(H,28,33)(H,31,32)/t17?,19-,20+/m0/s1. The highest BCUT2D eigenvalue weighted by molar-refractivity contribution is 5.91. The van der Waals surface area contributed by atoms with Gasteiger partial charge < -0.3 is 24.8 Å². The number of rotatable bonds is 5. The van der Waals surface area contributed by atoms with E-state index in [1.807, 2.05) is 37.3 Å². The molecule has 1 aliphatic heterocycles. The molecule has 9 heteroatoms. The summed E-state index contributed by atoms with van der Waals surface area (Å²) in [5.41, 5.74) is -0.659. The Labute approximate surface area is 205 Å². The summed E-state index contributed by atoms with van der Waals surface area (Å²) in [5.74, 6) is -1.22. The predicted molar refractivity (Wildman–Crippen MR) is 131 cm³/mol. The van der Waals surface area contributed by atoms with E-state index < -0.39 is 47.2 Å². The minimum atomic E-state index is -1.13. The number of aliphatic carboxylic acids is 1. The topological polar surface area (TPSA) is 118 Å². The molecule has 1 unspecified atom stereocenters. The lowest BCUT2D eigenvalue weighted by Gasteiger charge is -2.35. The van der Waals surface area contributed by atoms with Crippen LogP contribution in [0.5, 0.6) is 5.88 Å². The Balaban J connectivity index is 1.85. The highest BCUT2D eigenvalue weighted by atomic mass is 16.6. The number of nitrogens with one attached hydrogen (secondary N) is 1. The lowest BCUT2D eigenvalue weighted by Crippen LogP contribution is -2.57. The van der Waals surface area contributed by atoms with Gasteiger partial charge in [-0.3, -0.25) is 4.79 Å². The van der Waals surface area contributed by atoms with Gasteiger partial charge in [-0.1, -0.05) is 39.0 Å². The molecule has 0 spiro atoms. The van der Waals surface area contributed by atoms with E-state index in [4.69, 9.17) is 9.47 Å². The van der Waals surface area contributed by atoms with Crippen molar-refractivity contribution < 1.29 is 29.0 Å². The summed E-state index contributed by atoms with van der Waals surface area (Å²) in [6, 6.07) is 7.52. The molecule has 3 atom stereocenters. The van der Waals surface area contributed by atoms with Crippen LogP contribution in [-0.4, -0.2) is 63.3 Å². The van der Waals surface area contributed by atoms with Gasteiger partial charge >= 0.3 is 12.1 Å². The quantitative estimate of drug-likeness (QED) is 0.659. The molecule has 2 heterocycles. The number of carbonyl (C=O) groups excluding carboxylic acids is 2. The number of aromatic nitrogens is 1. The highest BCUT2D eigenvalue weighted by Crippen LogP contribution is 2.31. The SMILES string of the molecule is Cc1cc2ccccc2c(OC2C[C@@H](C(=O)O)N(C(=O)[C@@H](NC(=O)OC(C)(C)C)C(C)(C)C)C2)n1. The summed E-state index contributed by atoms with van der Waals surface area (Å²) in [7, 11) is 0. The second-order valence-electron chi connectivity index (χ2n) is 11.1. The van der Waals surface area contributed by atoms with Gasteiger partial charge in [0.25, 0.3) is 0 Å². The molecular weight excluding hydrogens is 450 g/mol. The van der Waals surface area contributed by atoms with Gasteiger partial charge in [-0.15, -0.1) is 0 Å². The molecule has 2 N–H and O–H groups in total. The number of carboxylic acid groups (broad SMARTS) is 1. The van der Waals surface area contributed by atoms with E-state index in [-0.39, 0.29) is 13.0 Å². The summed E-state index contributed by atoms with van der Waals surface area (Å²) in [6.45, 7) is 12.5. The van der Waals surface area contributed by atoms with Crippen molar-refractivity contribution in [1.82, 2.24) is 15.2 Å². The van der Waals surface area contributed by atoms with Gasteiger partial charge in [0.2, 0.25) is 11.8 Å². The number of alkyl carbamates (subject to hydrolysis) is 1. The van der Waals surface area contributed by atoms with Gasteiger partial charge in [-0.25, -0.2) is 14.6 Å². The Morgan fingerprint density at radius 3 is 2.40 bits per heavy atom. The van der Waals surface area contributed by atoms with Gasteiger partial charge in [-0.05, 0) is 50.6 Å². The number of aryl methyl sites for hydroxylation is 1. The smallest absolute Gasteiger partial charge is 0.408 e. The normalized spacial score (nSPS) is 19.3. The maximum atomic E-state index is 13.6. The molecule has 0 bridgehead atoms. The summed E-state index contributed by atoms with van der Waals surface area (Å²) in [5, 5.41) is 14.3. The molecule has 1 aromatic carbocycles. The van der Waals surface area contributed by atoms with Gasteiger partial charge in [-0.2, -0.15) is 0 Å². The van der Waals surface area contributed by atoms with Crippen molar-refractivity contribution in [2.24, 2.45) is 5.41 Å². The number of fused-ring (bicyclic) bond motifs is 1. The molecule has 1 aliphatic rings. The summed E-state index contributed by atoms with van der Waals surface area (Å²) in [4.78, 5) is 43.9. The Hall–Kier alpha value is -3.36. The fourth-order valence-electron chi connectivity index (χ4n) is 4.14. The third-order valence-electron chi connectivity index (χ3n) is 5.72. The molecule has 0 saturated carbocycles. The molecular formula is C26H35N3O6. The lowest BCUT2D eigenvalue weighted by atomic mass is 9.85. The first-order valence-corrected chi connectivity index (χ1v) is 11.7. The predicted octanol–water partition coefficient (Wildman–Crippen LogP) is 3.92. The lowest BCUT2D eigenvalue weighted by molar-refractivity contribution is -0.150. The maximum Gasteiger partial charge on any atom is 0.408 e. The maximum absolute atomic E-state index is 13.6. The summed E-state index contributed by atoms with van der Waals surface area (Å²) in [6.07, 6.45) is -1.20. The van der Waals surface area contributed by atoms with Crippen molar-refractivity contribution in [3.63, 3.8) is 0 Å². The second kappa shape index (κ2) is 9.71. The van der Waals surface area contributed by atoms with Crippen LogP contribution in [0.4, 0.5) is 4.79 Å². The summed E-state index contributed by atoms with van der Waals surface area (Å²) < 4.78 is 11.5. The first kappa shape index (κ1) is 26.2. The fraction of sp³-hybridized carbons (Fsp3) is 0.538. The van der Waals surface area contributed by atoms with Crippen molar-refractivity contribution in [2.45, 2.75) is 78.7 Å². The van der Waals surface area contributed by atoms with Crippen LogP contribution >= 0.6 is 0 Å². The van der Waals surface area contributed by atoms with Gasteiger partial charge in [0.05, 0.1) is 6.54 Å². The monoisotopic (exact) mass is 485 g/mol. The number of hydrogen-bond acceptors (Lipinski definition) is 6. The first-order valence-electron chi connectivity index (χ1n) is 11.7. The molecule has 0 aliphatic carbocycles. The zero-order chi connectivity index (χ0) is 26.1. The molecule has 35 heavy (non-hydrogen) atoms. The third kappa shape index (κ3) is 6.41. The molecule has 2 aromatic rings. The Morgan fingerprint density at radius 1 is 1.14 bits per heavy atom. The Morgan fingerprint density at radius 2 is 1.80 bits per heavy atom. The van der Waals surface area contributed by atoms with Crippen LogP contribution in [0, 0.1) is 12.3 Å². The number of ether oxygens (including phenoxy) is 2. The largest absolute Gasteiger partial charge is 0.480 e. The van der Waals surface area contributed by atoms with E-state index in [1.54, 1.807) is 41.5 Å². The zero-order valence-electron chi connectivity index (χ0n) is 21.4. The Bertz CT molecular complexity index is 1120. The van der Waals surface area contributed by atoms with Crippen molar-refractivity contribution in [3.8, 4) is 5.88 Å². The van der Waals surface area contributed by atoms with Crippen molar-refractivity contribution in [1.29, 1.82) is 0 Å². The van der Waals surface area contributed by atoms with Crippen molar-refractivity contribution in [2.75, 3.05) is 6.54 Å². The molecule has 0 radical (unpaired) electrons. The van der Waals surface area contributed by atoms with E-state index in [0.29, 0.717) is 5.88 Å². The number of benzene rings is 1. The van der Waals surface area contributed by atoms with Crippen LogP contribution in [0.25, 0.3) is 10.8 Å². The molecule has 3 rings (SSSR count). The van der Waals surface area contributed by atoms with Crippen LogP contribution in [0.2, 0.25) is 0 Å². The molecule has 1 saturated heterocycles. The second-order valence-corrected chi connectivity index (χ2v) is 11.1. The average molecular weight is 486 g/mol. The number of nitrogens with zero attached hydrogens (tertiary/aromatic N) is 2. The van der Waals surface area contributed by atoms with E-state index in [1.165, 1.54) is 4.90 Å². The zero-order valence-corrected chi connectivity index (χ0v) is 21.4. The van der Waals surface area contributed by atoms with Gasteiger partial charge in [0.1, 0.15) is 23.8 Å². The number of carboxylic acids is 1. The van der Waals surface area contributed by atoms with Crippen LogP contribution in [0.15, 0.2) is 30.3 Å². The number of hydrogen-bond donors (Lipinski definition) is 2. The van der Waals surface area contributed by atoms with Crippen LogP contribution in [-0.2, 0) is 14.3 Å². The van der Waals surface area contributed by atoms with Crippen LogP contribution in [0.1, 0.15) is 53.7 Å². The average Bonchev–Trinajstić information content (AvgIpc) is 3.13. The first-order chi connectivity index (χ1) is 16.2. The number of amides is 2. The molecule has 9 nitrogen and oxygen atoms in total. The van der Waals surface area contributed by atoms with Crippen molar-refractivity contribution in [3.05, 3.63) is 36.0 Å². The number of pyridine rings is 1. The van der Waals surface area contributed by atoms with E-state index in [9.17, 15) is 19.5 Å². The highest BCUT2D eigenvalue weighted by Gasteiger charge is 2.46. The van der Waals surface area contributed by atoms with E-state index in [0.717, 1.165) is 16.5 Å². The van der Waals surface area contributed by atoms with E-state index in [2.05, 4.69) is 10.3 Å².